The summed E-state index contributed by atoms with van der Waals surface area (Å²) in [6, 6.07) is 12.8. The standard InChI is InChI=1S/C18H16BrNO3/c19-13-5-3-4-12(10-13)17(21)20-14-6-7-15-16(11-14)23-18(22-15)8-1-2-9-18/h3-7,10-11H,1-2,8-9H2,(H,20,21). The summed E-state index contributed by atoms with van der Waals surface area (Å²) < 4.78 is 12.9. The summed E-state index contributed by atoms with van der Waals surface area (Å²) in [6.45, 7) is 0. The van der Waals surface area contributed by atoms with Crippen LogP contribution < -0.4 is 14.8 Å². The van der Waals surface area contributed by atoms with Crippen LogP contribution in [0.25, 0.3) is 0 Å². The van der Waals surface area contributed by atoms with Crippen molar-refractivity contribution in [2.24, 2.45) is 0 Å². The molecule has 1 aliphatic heterocycles. The summed E-state index contributed by atoms with van der Waals surface area (Å²) in [5.41, 5.74) is 1.30. The van der Waals surface area contributed by atoms with Crippen LogP contribution in [0.1, 0.15) is 36.0 Å². The van der Waals surface area contributed by atoms with Gasteiger partial charge in [-0.25, -0.2) is 0 Å². The van der Waals surface area contributed by atoms with Gasteiger partial charge in [0.1, 0.15) is 0 Å². The largest absolute Gasteiger partial charge is 0.448 e. The minimum Gasteiger partial charge on any atom is -0.448 e. The zero-order valence-corrected chi connectivity index (χ0v) is 14.1. The molecule has 5 heteroatoms. The number of halogens is 1. The second-order valence-corrected chi connectivity index (χ2v) is 6.86. The molecule has 0 atom stereocenters. The number of anilines is 1. The van der Waals surface area contributed by atoms with Gasteiger partial charge in [0.2, 0.25) is 0 Å². The maximum atomic E-state index is 12.3. The van der Waals surface area contributed by atoms with Gasteiger partial charge in [-0.05, 0) is 43.2 Å². The van der Waals surface area contributed by atoms with E-state index in [1.54, 1.807) is 12.1 Å². The lowest BCUT2D eigenvalue weighted by Crippen LogP contribution is -2.34. The Labute approximate surface area is 142 Å². The third-order valence-corrected chi connectivity index (χ3v) is 4.74. The summed E-state index contributed by atoms with van der Waals surface area (Å²) in [6.07, 6.45) is 4.09. The number of benzene rings is 2. The van der Waals surface area contributed by atoms with E-state index >= 15 is 0 Å². The first-order valence-electron chi connectivity index (χ1n) is 7.73. The van der Waals surface area contributed by atoms with Gasteiger partial charge in [0, 0.05) is 34.6 Å². The summed E-state index contributed by atoms with van der Waals surface area (Å²) in [4.78, 5) is 12.3. The molecule has 4 rings (SSSR count). The molecule has 1 aliphatic carbocycles. The first kappa shape index (κ1) is 14.6. The second kappa shape index (κ2) is 5.57. The maximum absolute atomic E-state index is 12.3. The highest BCUT2D eigenvalue weighted by atomic mass is 79.9. The van der Waals surface area contributed by atoms with Gasteiger partial charge in [-0.15, -0.1) is 0 Å². The van der Waals surface area contributed by atoms with Gasteiger partial charge in [0.05, 0.1) is 0 Å². The quantitative estimate of drug-likeness (QED) is 0.826. The van der Waals surface area contributed by atoms with E-state index in [1.165, 1.54) is 0 Å². The molecule has 1 saturated carbocycles. The van der Waals surface area contributed by atoms with Crippen molar-refractivity contribution in [3.63, 3.8) is 0 Å². The van der Waals surface area contributed by atoms with Crippen molar-refractivity contribution in [3.8, 4) is 11.5 Å². The average molecular weight is 374 g/mol. The van der Waals surface area contributed by atoms with E-state index in [4.69, 9.17) is 9.47 Å². The Morgan fingerprint density at radius 3 is 2.61 bits per heavy atom. The van der Waals surface area contributed by atoms with Crippen molar-refractivity contribution in [2.45, 2.75) is 31.5 Å². The van der Waals surface area contributed by atoms with E-state index in [9.17, 15) is 4.79 Å². The van der Waals surface area contributed by atoms with E-state index in [0.717, 1.165) is 35.9 Å². The zero-order valence-electron chi connectivity index (χ0n) is 12.5. The predicted octanol–water partition coefficient (Wildman–Crippen LogP) is 4.74. The molecule has 1 fully saturated rings. The lowest BCUT2D eigenvalue weighted by molar-refractivity contribution is -0.0716. The molecule has 4 nitrogen and oxygen atoms in total. The van der Waals surface area contributed by atoms with Crippen molar-refractivity contribution in [1.29, 1.82) is 0 Å². The van der Waals surface area contributed by atoms with Crippen molar-refractivity contribution in [1.82, 2.24) is 0 Å². The van der Waals surface area contributed by atoms with Crippen LogP contribution >= 0.6 is 15.9 Å². The van der Waals surface area contributed by atoms with E-state index in [0.29, 0.717) is 17.0 Å². The molecule has 0 aromatic heterocycles. The highest BCUT2D eigenvalue weighted by Gasteiger charge is 2.44. The van der Waals surface area contributed by atoms with Gasteiger partial charge >= 0.3 is 0 Å². The van der Waals surface area contributed by atoms with Crippen LogP contribution in [-0.2, 0) is 0 Å². The average Bonchev–Trinajstić information content (AvgIpc) is 3.13. The minimum atomic E-state index is -0.477. The van der Waals surface area contributed by atoms with Gasteiger partial charge in [-0.2, -0.15) is 0 Å². The molecule has 1 heterocycles. The van der Waals surface area contributed by atoms with Gasteiger partial charge < -0.3 is 14.8 Å². The molecular weight excluding hydrogens is 358 g/mol. The Kier molecular flexibility index (Phi) is 3.53. The number of hydrogen-bond acceptors (Lipinski definition) is 3. The maximum Gasteiger partial charge on any atom is 0.255 e. The van der Waals surface area contributed by atoms with Crippen LogP contribution in [0.2, 0.25) is 0 Å². The van der Waals surface area contributed by atoms with Gasteiger partial charge in [-0.1, -0.05) is 22.0 Å². The Balaban J connectivity index is 1.52. The number of rotatable bonds is 2. The number of carbonyl (C=O) groups is 1. The first-order chi connectivity index (χ1) is 11.1. The summed E-state index contributed by atoms with van der Waals surface area (Å²) in [5.74, 6) is 0.835. The molecule has 0 radical (unpaired) electrons. The van der Waals surface area contributed by atoms with Crippen LogP contribution in [0, 0.1) is 0 Å². The SMILES string of the molecule is O=C(Nc1ccc2c(c1)OC1(CCCC1)O2)c1cccc(Br)c1. The minimum absolute atomic E-state index is 0.152. The monoisotopic (exact) mass is 373 g/mol. The highest BCUT2D eigenvalue weighted by molar-refractivity contribution is 9.10. The number of fused-ring (bicyclic) bond motifs is 1. The summed E-state index contributed by atoms with van der Waals surface area (Å²) in [7, 11) is 0. The van der Waals surface area contributed by atoms with E-state index < -0.39 is 5.79 Å². The molecule has 0 saturated heterocycles. The lowest BCUT2D eigenvalue weighted by atomic mass is 10.2. The fraction of sp³-hybridized carbons (Fsp3) is 0.278. The Morgan fingerprint density at radius 2 is 1.83 bits per heavy atom. The van der Waals surface area contributed by atoms with Crippen LogP contribution in [-0.4, -0.2) is 11.7 Å². The van der Waals surface area contributed by atoms with Crippen molar-refractivity contribution in [3.05, 3.63) is 52.5 Å². The molecule has 2 aromatic carbocycles. The number of carbonyl (C=O) groups excluding carboxylic acids is 1. The third-order valence-electron chi connectivity index (χ3n) is 4.25. The van der Waals surface area contributed by atoms with Gasteiger partial charge in [0.15, 0.2) is 11.5 Å². The van der Waals surface area contributed by atoms with E-state index in [2.05, 4.69) is 21.2 Å². The number of nitrogens with one attached hydrogen (secondary N) is 1. The molecule has 23 heavy (non-hydrogen) atoms. The number of hydrogen-bond donors (Lipinski definition) is 1. The third kappa shape index (κ3) is 2.81. The van der Waals surface area contributed by atoms with Crippen molar-refractivity contribution in [2.75, 3.05) is 5.32 Å². The Bertz CT molecular complexity index is 769. The molecule has 1 spiro atoms. The van der Waals surface area contributed by atoms with Gasteiger partial charge in [-0.3, -0.25) is 4.79 Å². The van der Waals surface area contributed by atoms with Crippen LogP contribution in [0.5, 0.6) is 11.5 Å². The van der Waals surface area contributed by atoms with Crippen molar-refractivity contribution < 1.29 is 14.3 Å². The Hall–Kier alpha value is -2.01. The normalized spacial score (nSPS) is 17.4. The first-order valence-corrected chi connectivity index (χ1v) is 8.52. The lowest BCUT2D eigenvalue weighted by Gasteiger charge is -2.21. The fourth-order valence-electron chi connectivity index (χ4n) is 3.12. The smallest absolute Gasteiger partial charge is 0.255 e. The van der Waals surface area contributed by atoms with E-state index in [1.807, 2.05) is 30.3 Å². The van der Waals surface area contributed by atoms with Crippen molar-refractivity contribution >= 4 is 27.5 Å². The number of amides is 1. The molecule has 1 N–H and O–H groups in total. The van der Waals surface area contributed by atoms with Crippen LogP contribution in [0.3, 0.4) is 0 Å². The predicted molar refractivity (Wildman–Crippen MR) is 91.0 cm³/mol. The molecule has 0 unspecified atom stereocenters. The second-order valence-electron chi connectivity index (χ2n) is 5.95. The molecule has 2 aliphatic rings. The molecule has 0 bridgehead atoms. The van der Waals surface area contributed by atoms with Gasteiger partial charge in [0.25, 0.3) is 11.7 Å². The van der Waals surface area contributed by atoms with Crippen LogP contribution in [0.4, 0.5) is 5.69 Å². The highest BCUT2D eigenvalue weighted by Crippen LogP contribution is 2.47. The summed E-state index contributed by atoms with van der Waals surface area (Å²) >= 11 is 3.37. The zero-order chi connectivity index (χ0) is 15.9. The topological polar surface area (TPSA) is 47.6 Å². The molecule has 118 valence electrons. The summed E-state index contributed by atoms with van der Waals surface area (Å²) in [5, 5.41) is 2.90. The molecular formula is C18H16BrNO3. The molecule has 1 amide bonds. The fourth-order valence-corrected chi connectivity index (χ4v) is 3.52. The van der Waals surface area contributed by atoms with E-state index in [-0.39, 0.29) is 5.91 Å². The number of ether oxygens (including phenoxy) is 2. The molecule has 2 aromatic rings. The Morgan fingerprint density at radius 1 is 1.04 bits per heavy atom. The van der Waals surface area contributed by atoms with Crippen LogP contribution in [0.15, 0.2) is 46.9 Å².